The number of pyridine rings is 1. The van der Waals surface area contributed by atoms with Crippen LogP contribution < -0.4 is 15.2 Å². The largest absolute Gasteiger partial charge is 0.497 e. The lowest BCUT2D eigenvalue weighted by atomic mass is 10.1. The quantitative estimate of drug-likeness (QED) is 0.891. The van der Waals surface area contributed by atoms with Crippen LogP contribution in [0.2, 0.25) is 0 Å². The number of hydrogen-bond acceptors (Lipinski definition) is 4. The molecule has 2 rings (SSSR count). The maximum Gasteiger partial charge on any atom is 0.130 e. The summed E-state index contributed by atoms with van der Waals surface area (Å²) in [5.41, 5.74) is 8.66. The molecule has 0 bridgehead atoms. The van der Waals surface area contributed by atoms with Crippen molar-refractivity contribution in [2.75, 3.05) is 7.11 Å². The van der Waals surface area contributed by atoms with Gasteiger partial charge in [-0.25, -0.2) is 0 Å². The zero-order valence-electron chi connectivity index (χ0n) is 12.4. The van der Waals surface area contributed by atoms with Crippen LogP contribution in [0, 0.1) is 6.92 Å². The summed E-state index contributed by atoms with van der Waals surface area (Å²) in [5, 5.41) is 0. The smallest absolute Gasteiger partial charge is 0.130 e. The molecule has 2 aromatic rings. The van der Waals surface area contributed by atoms with E-state index in [1.54, 1.807) is 7.11 Å². The Morgan fingerprint density at radius 2 is 2.05 bits per heavy atom. The molecule has 1 unspecified atom stereocenters. The second-order valence-electron chi connectivity index (χ2n) is 4.90. The second-order valence-corrected chi connectivity index (χ2v) is 5.81. The molecule has 2 N–H and O–H groups in total. The summed E-state index contributed by atoms with van der Waals surface area (Å²) in [5.74, 6) is 1.55. The number of rotatable bonds is 5. The van der Waals surface area contributed by atoms with Gasteiger partial charge in [-0.15, -0.1) is 0 Å². The van der Waals surface area contributed by atoms with Crippen LogP contribution in [0.1, 0.15) is 29.9 Å². The molecule has 0 aliphatic rings. The summed E-state index contributed by atoms with van der Waals surface area (Å²) in [4.78, 5) is 4.45. The first-order chi connectivity index (χ1) is 9.99. The van der Waals surface area contributed by atoms with Crippen LogP contribution in [-0.2, 0) is 6.61 Å². The van der Waals surface area contributed by atoms with E-state index in [0.717, 1.165) is 32.9 Å². The van der Waals surface area contributed by atoms with Crippen molar-refractivity contribution in [3.05, 3.63) is 51.8 Å². The number of aromatic nitrogens is 1. The molecule has 1 heterocycles. The monoisotopic (exact) mass is 350 g/mol. The molecule has 5 heteroatoms. The van der Waals surface area contributed by atoms with Gasteiger partial charge in [0.2, 0.25) is 0 Å². The maximum absolute atomic E-state index is 5.97. The summed E-state index contributed by atoms with van der Waals surface area (Å²) in [6, 6.07) is 9.51. The van der Waals surface area contributed by atoms with Crippen LogP contribution in [0.25, 0.3) is 0 Å². The summed E-state index contributed by atoms with van der Waals surface area (Å²) in [7, 11) is 1.64. The molecule has 1 aromatic carbocycles. The highest BCUT2D eigenvalue weighted by molar-refractivity contribution is 9.10. The molecule has 21 heavy (non-hydrogen) atoms. The first kappa shape index (κ1) is 15.8. The van der Waals surface area contributed by atoms with Gasteiger partial charge < -0.3 is 15.2 Å². The van der Waals surface area contributed by atoms with E-state index in [9.17, 15) is 0 Å². The van der Waals surface area contributed by atoms with Gasteiger partial charge in [-0.2, -0.15) is 0 Å². The average molecular weight is 351 g/mol. The predicted octanol–water partition coefficient (Wildman–Crippen LogP) is 3.76. The van der Waals surface area contributed by atoms with Crippen LogP contribution in [0.4, 0.5) is 0 Å². The molecule has 0 radical (unpaired) electrons. The number of halogens is 1. The van der Waals surface area contributed by atoms with E-state index in [1.165, 1.54) is 0 Å². The minimum absolute atomic E-state index is 0.0897. The lowest BCUT2D eigenvalue weighted by molar-refractivity contribution is 0.295. The number of methoxy groups -OCH3 is 1. The Balaban J connectivity index is 2.20. The highest BCUT2D eigenvalue weighted by Crippen LogP contribution is 2.28. The summed E-state index contributed by atoms with van der Waals surface area (Å²) >= 11 is 3.45. The van der Waals surface area contributed by atoms with E-state index in [4.69, 9.17) is 15.2 Å². The van der Waals surface area contributed by atoms with Gasteiger partial charge >= 0.3 is 0 Å². The highest BCUT2D eigenvalue weighted by atomic mass is 79.9. The Kier molecular flexibility index (Phi) is 5.20. The molecule has 4 nitrogen and oxygen atoms in total. The molecule has 0 aliphatic carbocycles. The van der Waals surface area contributed by atoms with Gasteiger partial charge in [0.15, 0.2) is 0 Å². The van der Waals surface area contributed by atoms with Crippen molar-refractivity contribution < 1.29 is 9.47 Å². The fourth-order valence-electron chi connectivity index (χ4n) is 2.06. The number of hydrogen-bond donors (Lipinski definition) is 1. The maximum atomic E-state index is 5.97. The SMILES string of the molecule is COc1cc(C)nc(COc2cc(Br)ccc2C(C)N)c1. The van der Waals surface area contributed by atoms with E-state index >= 15 is 0 Å². The Morgan fingerprint density at radius 3 is 2.71 bits per heavy atom. The van der Waals surface area contributed by atoms with E-state index < -0.39 is 0 Å². The van der Waals surface area contributed by atoms with Crippen LogP contribution in [0.3, 0.4) is 0 Å². The topological polar surface area (TPSA) is 57.4 Å². The minimum atomic E-state index is -0.0897. The van der Waals surface area contributed by atoms with E-state index in [-0.39, 0.29) is 6.04 Å². The van der Waals surface area contributed by atoms with Crippen LogP contribution in [0.5, 0.6) is 11.5 Å². The molecule has 1 aromatic heterocycles. The molecular weight excluding hydrogens is 332 g/mol. The van der Waals surface area contributed by atoms with Crippen LogP contribution >= 0.6 is 15.9 Å². The van der Waals surface area contributed by atoms with Crippen molar-refractivity contribution in [3.8, 4) is 11.5 Å². The third kappa shape index (κ3) is 4.19. The van der Waals surface area contributed by atoms with Gasteiger partial charge in [0, 0.05) is 33.9 Å². The molecule has 0 amide bonds. The number of nitrogens with two attached hydrogens (primary N) is 1. The van der Waals surface area contributed by atoms with Crippen molar-refractivity contribution in [1.29, 1.82) is 0 Å². The summed E-state index contributed by atoms with van der Waals surface area (Å²) in [6.45, 7) is 4.23. The summed E-state index contributed by atoms with van der Waals surface area (Å²) in [6.07, 6.45) is 0. The van der Waals surface area contributed by atoms with E-state index in [2.05, 4.69) is 20.9 Å². The lowest BCUT2D eigenvalue weighted by Crippen LogP contribution is -2.08. The van der Waals surface area contributed by atoms with Gasteiger partial charge in [-0.05, 0) is 26.0 Å². The summed E-state index contributed by atoms with van der Waals surface area (Å²) < 4.78 is 12.1. The zero-order valence-corrected chi connectivity index (χ0v) is 14.0. The third-order valence-electron chi connectivity index (χ3n) is 3.06. The van der Waals surface area contributed by atoms with Gasteiger partial charge in [0.1, 0.15) is 18.1 Å². The molecule has 0 fully saturated rings. The number of benzene rings is 1. The first-order valence-corrected chi connectivity index (χ1v) is 7.48. The molecule has 0 aliphatic heterocycles. The van der Waals surface area contributed by atoms with Crippen molar-refractivity contribution in [3.63, 3.8) is 0 Å². The molecule has 0 spiro atoms. The first-order valence-electron chi connectivity index (χ1n) is 6.69. The second kappa shape index (κ2) is 6.91. The minimum Gasteiger partial charge on any atom is -0.497 e. The number of nitrogens with zero attached hydrogens (tertiary/aromatic N) is 1. The van der Waals surface area contributed by atoms with Crippen molar-refractivity contribution in [2.24, 2.45) is 5.73 Å². The Bertz CT molecular complexity index is 630. The zero-order chi connectivity index (χ0) is 15.4. The Hall–Kier alpha value is -1.59. The fraction of sp³-hybridized carbons (Fsp3) is 0.312. The molecule has 112 valence electrons. The van der Waals surface area contributed by atoms with Crippen LogP contribution in [-0.4, -0.2) is 12.1 Å². The molecule has 1 atom stereocenters. The van der Waals surface area contributed by atoms with Gasteiger partial charge in [-0.1, -0.05) is 22.0 Å². The third-order valence-corrected chi connectivity index (χ3v) is 3.55. The standard InChI is InChI=1S/C16H19BrN2O2/c1-10-6-14(20-3)8-13(19-10)9-21-16-7-12(17)4-5-15(16)11(2)18/h4-8,11H,9,18H2,1-3H3. The predicted molar refractivity (Wildman–Crippen MR) is 86.6 cm³/mol. The Morgan fingerprint density at radius 1 is 1.29 bits per heavy atom. The van der Waals surface area contributed by atoms with Crippen molar-refractivity contribution >= 4 is 15.9 Å². The van der Waals surface area contributed by atoms with Gasteiger partial charge in [0.25, 0.3) is 0 Å². The lowest BCUT2D eigenvalue weighted by Gasteiger charge is -2.14. The Labute approximate surface area is 133 Å². The van der Waals surface area contributed by atoms with Crippen LogP contribution in [0.15, 0.2) is 34.8 Å². The molecular formula is C16H19BrN2O2. The fourth-order valence-corrected chi connectivity index (χ4v) is 2.40. The number of ether oxygens (including phenoxy) is 2. The average Bonchev–Trinajstić information content (AvgIpc) is 2.44. The van der Waals surface area contributed by atoms with Crippen molar-refractivity contribution in [2.45, 2.75) is 26.5 Å². The van der Waals surface area contributed by atoms with Gasteiger partial charge in [0.05, 0.1) is 12.8 Å². The highest BCUT2D eigenvalue weighted by Gasteiger charge is 2.10. The number of aryl methyl sites for hydroxylation is 1. The molecule has 0 saturated carbocycles. The van der Waals surface area contributed by atoms with Gasteiger partial charge in [-0.3, -0.25) is 4.98 Å². The molecule has 0 saturated heterocycles. The van der Waals surface area contributed by atoms with E-state index in [1.807, 2.05) is 44.2 Å². The van der Waals surface area contributed by atoms with Crippen molar-refractivity contribution in [1.82, 2.24) is 4.98 Å². The van der Waals surface area contributed by atoms with E-state index in [0.29, 0.717) is 6.61 Å². The normalized spacial score (nSPS) is 12.0.